The Morgan fingerprint density at radius 1 is 1.38 bits per heavy atom. The molecule has 5 heteroatoms. The third-order valence-electron chi connectivity index (χ3n) is 2.65. The molecule has 1 aliphatic rings. The molecule has 0 unspecified atom stereocenters. The van der Waals surface area contributed by atoms with Crippen LogP contribution in [0.2, 0.25) is 0 Å². The zero-order valence-corrected chi connectivity index (χ0v) is 10.9. The van der Waals surface area contributed by atoms with Crippen molar-refractivity contribution in [1.29, 1.82) is 0 Å². The monoisotopic (exact) mass is 283 g/mol. The molecule has 0 aliphatic carbocycles. The number of halogens is 1. The van der Waals surface area contributed by atoms with Crippen molar-refractivity contribution in [3.8, 4) is 0 Å². The van der Waals surface area contributed by atoms with E-state index in [-0.39, 0.29) is 12.1 Å². The van der Waals surface area contributed by atoms with Crippen LogP contribution in [0.25, 0.3) is 0 Å². The summed E-state index contributed by atoms with van der Waals surface area (Å²) in [6, 6.07) is 4.04. The van der Waals surface area contributed by atoms with Gasteiger partial charge >= 0.3 is 6.03 Å². The lowest BCUT2D eigenvalue weighted by Crippen LogP contribution is -2.36. The molecule has 0 saturated carbocycles. The van der Waals surface area contributed by atoms with E-state index < -0.39 is 0 Å². The Labute approximate surface area is 103 Å². The Morgan fingerprint density at radius 2 is 2.12 bits per heavy atom. The number of carbonyl (C=O) groups is 1. The van der Waals surface area contributed by atoms with Gasteiger partial charge in [-0.05, 0) is 41.9 Å². The molecule has 0 radical (unpaired) electrons. The zero-order valence-electron chi connectivity index (χ0n) is 9.35. The van der Waals surface area contributed by atoms with Gasteiger partial charge in [-0.3, -0.25) is 4.90 Å². The molecule has 0 atom stereocenters. The summed E-state index contributed by atoms with van der Waals surface area (Å²) in [4.78, 5) is 19.8. The molecule has 1 saturated heterocycles. The minimum atomic E-state index is 0.0461. The van der Waals surface area contributed by atoms with E-state index in [1.165, 1.54) is 0 Å². The summed E-state index contributed by atoms with van der Waals surface area (Å²) < 4.78 is 0.920. The molecule has 1 aromatic heterocycles. The minimum absolute atomic E-state index is 0.0461. The fourth-order valence-electron chi connectivity index (χ4n) is 1.77. The van der Waals surface area contributed by atoms with Gasteiger partial charge in [0, 0.05) is 29.8 Å². The van der Waals surface area contributed by atoms with E-state index in [4.69, 9.17) is 0 Å². The Bertz CT molecular complexity index is 391. The first-order valence-corrected chi connectivity index (χ1v) is 6.08. The highest BCUT2D eigenvalue weighted by Gasteiger charge is 2.31. The molecule has 0 spiro atoms. The van der Waals surface area contributed by atoms with Crippen LogP contribution in [0.5, 0.6) is 0 Å². The highest BCUT2D eigenvalue weighted by Crippen LogP contribution is 2.20. The molecule has 0 bridgehead atoms. The third kappa shape index (κ3) is 2.04. The summed E-state index contributed by atoms with van der Waals surface area (Å²) in [5.74, 6) is 0.719. The Hall–Kier alpha value is -1.10. The molecular weight excluding hydrogens is 270 g/mol. The van der Waals surface area contributed by atoms with Crippen LogP contribution >= 0.6 is 15.9 Å². The Balaban J connectivity index is 2.18. The molecule has 16 heavy (non-hydrogen) atoms. The highest BCUT2D eigenvalue weighted by atomic mass is 79.9. The molecule has 86 valence electrons. The van der Waals surface area contributed by atoms with Gasteiger partial charge in [-0.15, -0.1) is 0 Å². The highest BCUT2D eigenvalue weighted by molar-refractivity contribution is 9.10. The van der Waals surface area contributed by atoms with Crippen molar-refractivity contribution in [2.75, 3.05) is 18.0 Å². The summed E-state index contributed by atoms with van der Waals surface area (Å²) in [6.45, 7) is 5.53. The van der Waals surface area contributed by atoms with Crippen molar-refractivity contribution in [3.63, 3.8) is 0 Å². The number of aromatic nitrogens is 1. The summed E-state index contributed by atoms with van der Waals surface area (Å²) in [5.41, 5.74) is 0. The Kier molecular flexibility index (Phi) is 3.14. The number of pyridine rings is 1. The fraction of sp³-hybridized carbons (Fsp3) is 0.455. The number of amides is 2. The minimum Gasteiger partial charge on any atom is -0.320 e. The van der Waals surface area contributed by atoms with Crippen molar-refractivity contribution in [2.24, 2.45) is 0 Å². The third-order valence-corrected chi connectivity index (χ3v) is 3.12. The number of anilines is 1. The van der Waals surface area contributed by atoms with Gasteiger partial charge in [0.25, 0.3) is 0 Å². The van der Waals surface area contributed by atoms with Gasteiger partial charge in [0.2, 0.25) is 0 Å². The molecule has 1 aromatic rings. The van der Waals surface area contributed by atoms with Gasteiger partial charge in [-0.1, -0.05) is 0 Å². The van der Waals surface area contributed by atoms with Crippen molar-refractivity contribution in [3.05, 3.63) is 22.8 Å². The average Bonchev–Trinajstić information content (AvgIpc) is 2.61. The number of hydrogen-bond acceptors (Lipinski definition) is 2. The first kappa shape index (κ1) is 11.4. The molecule has 1 aliphatic heterocycles. The first-order valence-electron chi connectivity index (χ1n) is 5.29. The molecule has 2 amide bonds. The lowest BCUT2D eigenvalue weighted by atomic mass is 10.3. The number of nitrogens with zero attached hydrogens (tertiary/aromatic N) is 3. The maximum Gasteiger partial charge on any atom is 0.326 e. The second-order valence-corrected chi connectivity index (χ2v) is 4.97. The molecule has 2 rings (SSSR count). The SMILES string of the molecule is CC(C)N1CCN(c2ccc(Br)cn2)C1=O. The van der Waals surface area contributed by atoms with Crippen LogP contribution in [0.15, 0.2) is 22.8 Å². The lowest BCUT2D eigenvalue weighted by molar-refractivity contribution is 0.209. The number of hydrogen-bond donors (Lipinski definition) is 0. The van der Waals surface area contributed by atoms with Crippen molar-refractivity contribution in [1.82, 2.24) is 9.88 Å². The van der Waals surface area contributed by atoms with Crippen LogP contribution in [0.1, 0.15) is 13.8 Å². The standard InChI is InChI=1S/C11H14BrN3O/c1-8(2)14-5-6-15(11(14)16)10-4-3-9(12)7-13-10/h3-4,7-8H,5-6H2,1-2H3. The Morgan fingerprint density at radius 3 is 2.62 bits per heavy atom. The number of carbonyl (C=O) groups excluding carboxylic acids is 1. The van der Waals surface area contributed by atoms with Crippen LogP contribution in [0.3, 0.4) is 0 Å². The van der Waals surface area contributed by atoms with Gasteiger partial charge in [0.1, 0.15) is 5.82 Å². The van der Waals surface area contributed by atoms with Crippen molar-refractivity contribution in [2.45, 2.75) is 19.9 Å². The summed E-state index contributed by atoms with van der Waals surface area (Å²) >= 11 is 3.33. The average molecular weight is 284 g/mol. The van der Waals surface area contributed by atoms with Crippen molar-refractivity contribution >= 4 is 27.8 Å². The van der Waals surface area contributed by atoms with E-state index in [0.717, 1.165) is 16.8 Å². The molecule has 4 nitrogen and oxygen atoms in total. The van der Waals surface area contributed by atoms with Crippen molar-refractivity contribution < 1.29 is 4.79 Å². The van der Waals surface area contributed by atoms with Crippen LogP contribution in [-0.2, 0) is 0 Å². The van der Waals surface area contributed by atoms with E-state index in [2.05, 4.69) is 20.9 Å². The lowest BCUT2D eigenvalue weighted by Gasteiger charge is -2.21. The second kappa shape index (κ2) is 4.41. The van der Waals surface area contributed by atoms with E-state index in [1.807, 2.05) is 30.9 Å². The second-order valence-electron chi connectivity index (χ2n) is 4.06. The van der Waals surface area contributed by atoms with Gasteiger partial charge < -0.3 is 4.90 Å². The fourth-order valence-corrected chi connectivity index (χ4v) is 2.01. The summed E-state index contributed by atoms with van der Waals surface area (Å²) in [7, 11) is 0. The normalized spacial score (nSPS) is 16.4. The van der Waals surface area contributed by atoms with Gasteiger partial charge in [0.15, 0.2) is 0 Å². The largest absolute Gasteiger partial charge is 0.326 e. The summed E-state index contributed by atoms with van der Waals surface area (Å²) in [6.07, 6.45) is 1.71. The van der Waals surface area contributed by atoms with Crippen LogP contribution < -0.4 is 4.90 Å². The number of urea groups is 1. The maximum atomic E-state index is 12.0. The maximum absolute atomic E-state index is 12.0. The van der Waals surface area contributed by atoms with Gasteiger partial charge in [-0.25, -0.2) is 9.78 Å². The first-order chi connectivity index (χ1) is 7.59. The van der Waals surface area contributed by atoms with E-state index in [0.29, 0.717) is 6.54 Å². The zero-order chi connectivity index (χ0) is 11.7. The number of rotatable bonds is 2. The molecule has 0 aromatic carbocycles. The smallest absolute Gasteiger partial charge is 0.320 e. The van der Waals surface area contributed by atoms with E-state index in [1.54, 1.807) is 11.1 Å². The van der Waals surface area contributed by atoms with E-state index >= 15 is 0 Å². The van der Waals surface area contributed by atoms with Gasteiger partial charge in [-0.2, -0.15) is 0 Å². The van der Waals surface area contributed by atoms with Crippen LogP contribution in [-0.4, -0.2) is 35.0 Å². The predicted octanol–water partition coefficient (Wildman–Crippen LogP) is 2.49. The van der Waals surface area contributed by atoms with Gasteiger partial charge in [0.05, 0.1) is 0 Å². The topological polar surface area (TPSA) is 36.4 Å². The predicted molar refractivity (Wildman–Crippen MR) is 66.5 cm³/mol. The molecule has 2 heterocycles. The molecule has 0 N–H and O–H groups in total. The molecule has 1 fully saturated rings. The molecular formula is C11H14BrN3O. The van der Waals surface area contributed by atoms with E-state index in [9.17, 15) is 4.79 Å². The van der Waals surface area contributed by atoms with Crippen LogP contribution in [0.4, 0.5) is 10.6 Å². The quantitative estimate of drug-likeness (QED) is 0.836. The summed E-state index contributed by atoms with van der Waals surface area (Å²) in [5, 5.41) is 0. The van der Waals surface area contributed by atoms with Crippen LogP contribution in [0, 0.1) is 0 Å².